The molecule has 102 valence electrons. The summed E-state index contributed by atoms with van der Waals surface area (Å²) in [4.78, 5) is 16.4. The van der Waals surface area contributed by atoms with Crippen LogP contribution in [-0.4, -0.2) is 16.9 Å². The number of halogens is 1. The molecule has 3 nitrogen and oxygen atoms in total. The summed E-state index contributed by atoms with van der Waals surface area (Å²) in [5, 5.41) is 3.44. The third-order valence-electron chi connectivity index (χ3n) is 3.22. The molecule has 1 aromatic heterocycles. The van der Waals surface area contributed by atoms with E-state index in [0.29, 0.717) is 10.7 Å². The molecule has 1 atom stereocenters. The summed E-state index contributed by atoms with van der Waals surface area (Å²) in [6, 6.07) is 3.71. The lowest BCUT2D eigenvalue weighted by atomic mass is 10.0. The van der Waals surface area contributed by atoms with E-state index in [1.54, 1.807) is 6.07 Å². The molecule has 0 saturated heterocycles. The van der Waals surface area contributed by atoms with Crippen LogP contribution in [0.1, 0.15) is 48.7 Å². The molecule has 1 aromatic rings. The Balaban J connectivity index is 2.07. The number of pyridine rings is 1. The van der Waals surface area contributed by atoms with Gasteiger partial charge in [-0.3, -0.25) is 4.79 Å². The van der Waals surface area contributed by atoms with Gasteiger partial charge < -0.3 is 5.32 Å². The molecule has 4 heteroatoms. The predicted molar refractivity (Wildman–Crippen MR) is 77.5 cm³/mol. The monoisotopic (exact) mass is 278 g/mol. The molecule has 1 amide bonds. The zero-order chi connectivity index (χ0) is 13.7. The van der Waals surface area contributed by atoms with Crippen molar-refractivity contribution in [2.24, 2.45) is 0 Å². The zero-order valence-corrected chi connectivity index (χ0v) is 11.9. The Morgan fingerprint density at radius 1 is 1.47 bits per heavy atom. The predicted octanol–water partition coefficient (Wildman–Crippen LogP) is 3.53. The maximum Gasteiger partial charge on any atom is 0.251 e. The first-order chi connectivity index (χ1) is 9.19. The number of aromatic nitrogens is 1. The van der Waals surface area contributed by atoms with Gasteiger partial charge in [-0.2, -0.15) is 0 Å². The van der Waals surface area contributed by atoms with Crippen LogP contribution in [-0.2, 0) is 6.42 Å². The number of allylic oxidation sites excluding steroid dienone is 1. The van der Waals surface area contributed by atoms with E-state index in [4.69, 9.17) is 11.6 Å². The lowest BCUT2D eigenvalue weighted by molar-refractivity contribution is 0.0934. The molecule has 0 aromatic carbocycles. The number of nitrogens with zero attached hydrogens (tertiary/aromatic N) is 1. The lowest BCUT2D eigenvalue weighted by Crippen LogP contribution is -2.35. The van der Waals surface area contributed by atoms with Crippen molar-refractivity contribution in [3.63, 3.8) is 0 Å². The second-order valence-electron chi connectivity index (χ2n) is 4.87. The molecule has 0 fully saturated rings. The highest BCUT2D eigenvalue weighted by atomic mass is 35.5. The van der Waals surface area contributed by atoms with E-state index < -0.39 is 0 Å². The molecule has 2 rings (SSSR count). The smallest absolute Gasteiger partial charge is 0.251 e. The number of amides is 1. The number of hydrogen-bond acceptors (Lipinski definition) is 2. The van der Waals surface area contributed by atoms with E-state index in [2.05, 4.69) is 29.4 Å². The van der Waals surface area contributed by atoms with Crippen LogP contribution in [0.2, 0.25) is 5.15 Å². The van der Waals surface area contributed by atoms with Crippen molar-refractivity contribution in [2.45, 2.75) is 45.1 Å². The Labute approximate surface area is 119 Å². The summed E-state index contributed by atoms with van der Waals surface area (Å²) < 4.78 is 0. The summed E-state index contributed by atoms with van der Waals surface area (Å²) in [5.74, 6) is -0.0537. The molecule has 0 saturated carbocycles. The molecule has 1 aliphatic carbocycles. The fourth-order valence-corrected chi connectivity index (χ4v) is 2.49. The Morgan fingerprint density at radius 2 is 2.32 bits per heavy atom. The van der Waals surface area contributed by atoms with Gasteiger partial charge in [0.15, 0.2) is 0 Å². The van der Waals surface area contributed by atoms with E-state index in [1.165, 1.54) is 0 Å². The molecule has 1 aliphatic rings. The first-order valence-corrected chi connectivity index (χ1v) is 7.19. The average Bonchev–Trinajstić information content (AvgIpc) is 2.39. The topological polar surface area (TPSA) is 42.0 Å². The van der Waals surface area contributed by atoms with Crippen LogP contribution in [0.25, 0.3) is 0 Å². The van der Waals surface area contributed by atoms with Crippen LogP contribution in [0.15, 0.2) is 24.3 Å². The third-order valence-corrected chi connectivity index (χ3v) is 3.41. The number of rotatable bonds is 4. The van der Waals surface area contributed by atoms with Crippen LogP contribution >= 0.6 is 11.6 Å². The molecule has 1 heterocycles. The maximum atomic E-state index is 12.2. The van der Waals surface area contributed by atoms with Gasteiger partial charge in [-0.05, 0) is 37.8 Å². The minimum Gasteiger partial charge on any atom is -0.349 e. The van der Waals surface area contributed by atoms with Gasteiger partial charge in [-0.25, -0.2) is 4.98 Å². The van der Waals surface area contributed by atoms with Gasteiger partial charge >= 0.3 is 0 Å². The minimum absolute atomic E-state index is 0.0537. The molecule has 0 spiro atoms. The quantitative estimate of drug-likeness (QED) is 0.676. The third kappa shape index (κ3) is 4.06. The fourth-order valence-electron chi connectivity index (χ4n) is 2.26. The normalized spacial score (nSPS) is 18.3. The van der Waals surface area contributed by atoms with Gasteiger partial charge in [-0.1, -0.05) is 37.1 Å². The van der Waals surface area contributed by atoms with Crippen LogP contribution in [0.4, 0.5) is 0 Å². The van der Waals surface area contributed by atoms with Crippen molar-refractivity contribution in [2.75, 3.05) is 0 Å². The number of carbonyl (C=O) groups is 1. The first kappa shape index (κ1) is 14.1. The zero-order valence-electron chi connectivity index (χ0n) is 11.2. The van der Waals surface area contributed by atoms with Gasteiger partial charge in [0.25, 0.3) is 5.91 Å². The van der Waals surface area contributed by atoms with Crippen molar-refractivity contribution >= 4 is 17.5 Å². The van der Waals surface area contributed by atoms with Crippen LogP contribution < -0.4 is 5.32 Å². The van der Waals surface area contributed by atoms with Gasteiger partial charge in [0, 0.05) is 17.3 Å². The average molecular weight is 279 g/mol. The number of nitrogens with one attached hydrogen (secondary N) is 1. The summed E-state index contributed by atoms with van der Waals surface area (Å²) >= 11 is 5.97. The van der Waals surface area contributed by atoms with Crippen molar-refractivity contribution in [3.05, 3.63) is 40.7 Å². The Hall–Kier alpha value is -1.35. The second-order valence-corrected chi connectivity index (χ2v) is 5.26. The Bertz CT molecular complexity index is 485. The van der Waals surface area contributed by atoms with E-state index >= 15 is 0 Å². The van der Waals surface area contributed by atoms with Crippen LogP contribution in [0.5, 0.6) is 0 Å². The Morgan fingerprint density at radius 3 is 3.00 bits per heavy atom. The van der Waals surface area contributed by atoms with Crippen LogP contribution in [0.3, 0.4) is 0 Å². The molecule has 19 heavy (non-hydrogen) atoms. The lowest BCUT2D eigenvalue weighted by Gasteiger charge is -2.19. The van der Waals surface area contributed by atoms with Crippen molar-refractivity contribution in [3.8, 4) is 0 Å². The fraction of sp³-hybridized carbons (Fsp3) is 0.467. The highest BCUT2D eigenvalue weighted by Crippen LogP contribution is 2.15. The largest absolute Gasteiger partial charge is 0.349 e. The number of hydrogen-bond donors (Lipinski definition) is 1. The molecular formula is C15H19ClN2O. The molecule has 0 radical (unpaired) electrons. The highest BCUT2D eigenvalue weighted by molar-refractivity contribution is 6.29. The summed E-state index contributed by atoms with van der Waals surface area (Å²) in [5.41, 5.74) is 1.49. The number of aryl methyl sites for hydroxylation is 1. The van der Waals surface area contributed by atoms with E-state index in [0.717, 1.165) is 37.8 Å². The van der Waals surface area contributed by atoms with Gasteiger partial charge in [0.2, 0.25) is 0 Å². The van der Waals surface area contributed by atoms with E-state index in [9.17, 15) is 4.79 Å². The molecular weight excluding hydrogens is 260 g/mol. The Kier molecular flexibility index (Phi) is 4.97. The van der Waals surface area contributed by atoms with Crippen molar-refractivity contribution < 1.29 is 4.79 Å². The molecule has 1 unspecified atom stereocenters. The van der Waals surface area contributed by atoms with Gasteiger partial charge in [0.05, 0.1) is 0 Å². The maximum absolute atomic E-state index is 12.2. The highest BCUT2D eigenvalue weighted by Gasteiger charge is 2.15. The standard InChI is InChI=1S/C15H19ClN2O/c1-2-6-13-9-11(10-14(16)17-13)15(19)18-12-7-4-3-5-8-12/h3-4,9-10,12H,2,5-8H2,1H3,(H,18,19). The molecule has 0 aliphatic heterocycles. The van der Waals surface area contributed by atoms with E-state index in [-0.39, 0.29) is 11.9 Å². The number of carbonyl (C=O) groups excluding carboxylic acids is 1. The molecule has 1 N–H and O–H groups in total. The SMILES string of the molecule is CCCc1cc(C(=O)NC2CC=CCC2)cc(Cl)n1. The van der Waals surface area contributed by atoms with Gasteiger partial charge in [-0.15, -0.1) is 0 Å². The summed E-state index contributed by atoms with van der Waals surface area (Å²) in [7, 11) is 0. The minimum atomic E-state index is -0.0537. The van der Waals surface area contributed by atoms with Crippen molar-refractivity contribution in [1.29, 1.82) is 0 Å². The summed E-state index contributed by atoms with van der Waals surface area (Å²) in [6.45, 7) is 2.08. The molecule has 0 bridgehead atoms. The van der Waals surface area contributed by atoms with Crippen molar-refractivity contribution in [1.82, 2.24) is 10.3 Å². The van der Waals surface area contributed by atoms with Gasteiger partial charge in [0.1, 0.15) is 5.15 Å². The first-order valence-electron chi connectivity index (χ1n) is 6.81. The van der Waals surface area contributed by atoms with E-state index in [1.807, 2.05) is 6.07 Å². The van der Waals surface area contributed by atoms with Crippen LogP contribution in [0, 0.1) is 0 Å². The summed E-state index contributed by atoms with van der Waals surface area (Å²) in [6.07, 6.45) is 9.05. The second kappa shape index (κ2) is 6.71.